The van der Waals surface area contributed by atoms with E-state index >= 15 is 0 Å². The van der Waals surface area contributed by atoms with Gasteiger partial charge in [0.05, 0.1) is 0 Å². The summed E-state index contributed by atoms with van der Waals surface area (Å²) in [4.78, 5) is 12.4. The lowest BCUT2D eigenvalue weighted by molar-refractivity contribution is -0.137. The molecule has 3 aliphatic carbocycles. The minimum absolute atomic E-state index is 0.0909. The number of ketones is 1. The second-order valence-electron chi connectivity index (χ2n) is 5.85. The van der Waals surface area contributed by atoms with Gasteiger partial charge in [-0.15, -0.1) is 0 Å². The van der Waals surface area contributed by atoms with E-state index in [0.29, 0.717) is 0 Å². The van der Waals surface area contributed by atoms with Crippen LogP contribution in [0.1, 0.15) is 40.5 Å². The molecule has 1 fully saturated rings. The third-order valence-electron chi connectivity index (χ3n) is 5.06. The van der Waals surface area contributed by atoms with Crippen LogP contribution < -0.4 is 0 Å². The average molecular weight is 230 g/mol. The van der Waals surface area contributed by atoms with Crippen molar-refractivity contribution in [1.29, 1.82) is 0 Å². The number of hydrogen-bond donors (Lipinski definition) is 1. The fourth-order valence-electron chi connectivity index (χ4n) is 3.53. The van der Waals surface area contributed by atoms with Crippen LogP contribution in [0.15, 0.2) is 33.9 Å². The first-order chi connectivity index (χ1) is 7.83. The van der Waals surface area contributed by atoms with Gasteiger partial charge in [0.15, 0.2) is 5.78 Å². The molecule has 1 N–H and O–H groups in total. The van der Waals surface area contributed by atoms with Crippen LogP contribution in [-0.4, -0.2) is 16.5 Å². The van der Waals surface area contributed by atoms with E-state index in [0.717, 1.165) is 29.6 Å². The number of hydrogen-bond acceptors (Lipinski definition) is 2. The molecule has 1 atom stereocenters. The molecule has 0 aromatic carbocycles. The predicted molar refractivity (Wildman–Crippen MR) is 66.5 cm³/mol. The second kappa shape index (κ2) is 2.81. The number of aliphatic hydroxyl groups is 1. The molecule has 90 valence electrons. The van der Waals surface area contributed by atoms with Crippen LogP contribution in [0.2, 0.25) is 0 Å². The van der Waals surface area contributed by atoms with E-state index in [4.69, 9.17) is 0 Å². The Bertz CT molecular complexity index is 537. The van der Waals surface area contributed by atoms with Gasteiger partial charge in [0, 0.05) is 11.0 Å². The highest BCUT2D eigenvalue weighted by Gasteiger charge is 2.64. The fourth-order valence-corrected chi connectivity index (χ4v) is 3.53. The first-order valence-electron chi connectivity index (χ1n) is 6.21. The highest BCUT2D eigenvalue weighted by atomic mass is 16.3. The van der Waals surface area contributed by atoms with E-state index in [1.165, 1.54) is 11.1 Å². The zero-order chi connectivity index (χ0) is 12.6. The van der Waals surface area contributed by atoms with Gasteiger partial charge in [-0.2, -0.15) is 0 Å². The van der Waals surface area contributed by atoms with Gasteiger partial charge in [0.25, 0.3) is 0 Å². The summed E-state index contributed by atoms with van der Waals surface area (Å²) < 4.78 is 0. The molecule has 1 saturated carbocycles. The third-order valence-corrected chi connectivity index (χ3v) is 5.06. The van der Waals surface area contributed by atoms with Crippen molar-refractivity contribution in [3.05, 3.63) is 33.9 Å². The maximum atomic E-state index is 12.4. The Morgan fingerprint density at radius 1 is 1.24 bits per heavy atom. The van der Waals surface area contributed by atoms with E-state index in [2.05, 4.69) is 13.8 Å². The molecule has 0 bridgehead atoms. The van der Waals surface area contributed by atoms with Crippen molar-refractivity contribution in [3.8, 4) is 0 Å². The summed E-state index contributed by atoms with van der Waals surface area (Å²) in [6.45, 7) is 7.87. The molecule has 2 nitrogen and oxygen atoms in total. The lowest BCUT2D eigenvalue weighted by Gasteiger charge is -2.39. The number of allylic oxidation sites excluding steroid dienone is 4. The number of carbonyl (C=O) groups is 1. The van der Waals surface area contributed by atoms with Gasteiger partial charge in [0.2, 0.25) is 0 Å². The lowest BCUT2D eigenvalue weighted by atomic mass is 9.67. The maximum Gasteiger partial charge on any atom is 0.195 e. The van der Waals surface area contributed by atoms with Crippen molar-refractivity contribution < 1.29 is 9.90 Å². The number of rotatable bonds is 0. The summed E-state index contributed by atoms with van der Waals surface area (Å²) in [5.41, 5.74) is 3.91. The van der Waals surface area contributed by atoms with Crippen LogP contribution in [0.4, 0.5) is 0 Å². The number of Topliss-reactive ketones (excluding diaryl/α,β-unsaturated/α-hetero) is 1. The van der Waals surface area contributed by atoms with Gasteiger partial charge >= 0.3 is 0 Å². The zero-order valence-electron chi connectivity index (χ0n) is 10.8. The van der Waals surface area contributed by atoms with Crippen molar-refractivity contribution in [1.82, 2.24) is 0 Å². The van der Waals surface area contributed by atoms with E-state index in [1.54, 1.807) is 6.92 Å². The molecule has 3 aliphatic rings. The van der Waals surface area contributed by atoms with Gasteiger partial charge in [0.1, 0.15) is 5.60 Å². The molecule has 0 aliphatic heterocycles. The van der Waals surface area contributed by atoms with Crippen LogP contribution in [0.3, 0.4) is 0 Å². The summed E-state index contributed by atoms with van der Waals surface area (Å²) in [6, 6.07) is 0. The fraction of sp³-hybridized carbons (Fsp3) is 0.533. The summed E-state index contributed by atoms with van der Waals surface area (Å²) >= 11 is 0. The Labute approximate surface area is 102 Å². The maximum absolute atomic E-state index is 12.4. The van der Waals surface area contributed by atoms with Crippen molar-refractivity contribution in [2.75, 3.05) is 0 Å². The zero-order valence-corrected chi connectivity index (χ0v) is 10.8. The van der Waals surface area contributed by atoms with Gasteiger partial charge < -0.3 is 5.11 Å². The van der Waals surface area contributed by atoms with Crippen molar-refractivity contribution in [2.24, 2.45) is 5.41 Å². The second-order valence-corrected chi connectivity index (χ2v) is 5.85. The van der Waals surface area contributed by atoms with E-state index in [-0.39, 0.29) is 11.2 Å². The Hall–Kier alpha value is -1.15. The molecule has 0 saturated heterocycles. The van der Waals surface area contributed by atoms with Crippen LogP contribution in [-0.2, 0) is 4.79 Å². The van der Waals surface area contributed by atoms with Crippen molar-refractivity contribution in [2.45, 2.75) is 46.1 Å². The van der Waals surface area contributed by atoms with Gasteiger partial charge in [-0.05, 0) is 63.3 Å². The highest BCUT2D eigenvalue weighted by Crippen LogP contribution is 2.64. The normalized spacial score (nSPS) is 34.4. The summed E-state index contributed by atoms with van der Waals surface area (Å²) in [7, 11) is 0. The lowest BCUT2D eigenvalue weighted by Crippen LogP contribution is -2.49. The molecular weight excluding hydrogens is 212 g/mol. The molecular formula is C15H18O2. The molecule has 2 heteroatoms. The average Bonchev–Trinajstić information content (AvgIpc) is 3.01. The Kier molecular flexibility index (Phi) is 1.81. The highest BCUT2D eigenvalue weighted by molar-refractivity contribution is 6.10. The minimum atomic E-state index is -1.21. The Morgan fingerprint density at radius 2 is 1.82 bits per heavy atom. The molecule has 0 aromatic rings. The summed E-state index contributed by atoms with van der Waals surface area (Å²) in [5.74, 6) is -0.0909. The van der Waals surface area contributed by atoms with Crippen LogP contribution >= 0.6 is 0 Å². The summed E-state index contributed by atoms with van der Waals surface area (Å²) in [5, 5.41) is 10.6. The Balaban J connectivity index is 2.31. The van der Waals surface area contributed by atoms with Crippen LogP contribution in [0.5, 0.6) is 0 Å². The quantitative estimate of drug-likeness (QED) is 0.694. The topological polar surface area (TPSA) is 37.3 Å². The SMILES string of the molecule is CC1=C(C)C2=C(C)C3(CC3)[C@@](C)(O)C(=O)C2=C1. The smallest absolute Gasteiger partial charge is 0.195 e. The predicted octanol–water partition coefficient (Wildman–Crippen LogP) is 2.69. The van der Waals surface area contributed by atoms with Crippen LogP contribution in [0.25, 0.3) is 0 Å². The van der Waals surface area contributed by atoms with Crippen molar-refractivity contribution >= 4 is 5.78 Å². The molecule has 17 heavy (non-hydrogen) atoms. The first kappa shape index (κ1) is 11.0. The van der Waals surface area contributed by atoms with Gasteiger partial charge in [-0.3, -0.25) is 4.79 Å². The molecule has 0 heterocycles. The molecule has 0 radical (unpaired) electrons. The molecule has 0 amide bonds. The number of fused-ring (bicyclic) bond motifs is 1. The largest absolute Gasteiger partial charge is 0.381 e. The van der Waals surface area contributed by atoms with E-state index in [9.17, 15) is 9.90 Å². The van der Waals surface area contributed by atoms with Gasteiger partial charge in [-0.25, -0.2) is 0 Å². The molecule has 1 spiro atoms. The third kappa shape index (κ3) is 1.03. The van der Waals surface area contributed by atoms with Crippen LogP contribution in [0, 0.1) is 5.41 Å². The van der Waals surface area contributed by atoms with Gasteiger partial charge in [-0.1, -0.05) is 5.57 Å². The monoisotopic (exact) mass is 230 g/mol. The minimum Gasteiger partial charge on any atom is -0.381 e. The first-order valence-corrected chi connectivity index (χ1v) is 6.21. The standard InChI is InChI=1S/C15H18O2/c1-8-7-11-12(9(8)2)10(3)15(5-6-15)14(4,17)13(11)16/h7,17H,5-6H2,1-4H3/t14-/m0/s1. The molecule has 3 rings (SSSR count). The summed E-state index contributed by atoms with van der Waals surface area (Å²) in [6.07, 6.45) is 3.79. The number of carbonyl (C=O) groups excluding carboxylic acids is 1. The molecule has 0 aromatic heterocycles. The Morgan fingerprint density at radius 3 is 2.35 bits per heavy atom. The van der Waals surface area contributed by atoms with E-state index in [1.807, 2.05) is 13.0 Å². The van der Waals surface area contributed by atoms with Crippen molar-refractivity contribution in [3.63, 3.8) is 0 Å². The molecule has 0 unspecified atom stereocenters. The van der Waals surface area contributed by atoms with E-state index < -0.39 is 5.60 Å².